The van der Waals surface area contributed by atoms with E-state index in [1.165, 1.54) is 0 Å². The second-order valence-electron chi connectivity index (χ2n) is 11.3. The van der Waals surface area contributed by atoms with Crippen molar-refractivity contribution in [1.29, 1.82) is 0 Å². The molecule has 0 radical (unpaired) electrons. The van der Waals surface area contributed by atoms with Crippen molar-refractivity contribution in [3.8, 4) is 0 Å². The minimum absolute atomic E-state index is 0.449. The van der Waals surface area contributed by atoms with E-state index < -0.39 is 60.7 Å². The van der Waals surface area contributed by atoms with E-state index in [4.69, 9.17) is 23.2 Å². The molecule has 0 saturated carbocycles. The van der Waals surface area contributed by atoms with Crippen LogP contribution >= 0.6 is 39.1 Å². The van der Waals surface area contributed by atoms with Crippen LogP contribution < -0.4 is 0 Å². The summed E-state index contributed by atoms with van der Waals surface area (Å²) in [5, 5.41) is -4.27. The van der Waals surface area contributed by atoms with Gasteiger partial charge in [0.1, 0.15) is 0 Å². The van der Waals surface area contributed by atoms with Gasteiger partial charge in [-0.25, -0.2) is 30.7 Å². The molecule has 0 heterocycles. The number of halogens is 12. The second-order valence-corrected chi connectivity index (χ2v) is 13.9. The number of hydrogen-bond acceptors (Lipinski definition) is 0. The molecule has 0 aromatic rings. The molecule has 0 aromatic carbocycles. The Kier molecular flexibility index (Phi) is 8.60. The summed E-state index contributed by atoms with van der Waals surface area (Å²) >= 11 is 12.4. The summed E-state index contributed by atoms with van der Waals surface area (Å²) in [6.45, 7) is 7.16. The second kappa shape index (κ2) is 8.49. The highest BCUT2D eigenvalue weighted by Gasteiger charge is 2.87. The van der Waals surface area contributed by atoms with E-state index in [-0.39, 0.29) is 0 Å². The van der Waals surface area contributed by atoms with E-state index in [1.807, 2.05) is 0 Å². The van der Waals surface area contributed by atoms with Crippen molar-refractivity contribution in [3.05, 3.63) is 0 Å². The minimum atomic E-state index is -5.63. The van der Waals surface area contributed by atoms with Crippen LogP contribution in [0.25, 0.3) is 0 Å². The Morgan fingerprint density at radius 3 is 1.12 bits per heavy atom. The summed E-state index contributed by atoms with van der Waals surface area (Å²) in [5.41, 5.74) is -16.4. The Balaban J connectivity index is 7.54. The Hall–Kier alpha value is 0.430. The smallest absolute Gasteiger partial charge is 0.230 e. The predicted octanol–water partition coefficient (Wildman–Crippen LogP) is 10.3. The number of hydrogen-bond donors (Lipinski definition) is 0. The van der Waals surface area contributed by atoms with E-state index >= 15 is 35.1 Å². The summed E-state index contributed by atoms with van der Waals surface area (Å²) in [6.07, 6.45) is -0.844. The van der Waals surface area contributed by atoms with Crippen LogP contribution in [0.3, 0.4) is 0 Å². The standard InChI is InChI=1S/C21H32BrCl2F9/c1-11-15(10,17(23,26)18(27,28)13(5,6)7)14(8,9)19(29,30)16(25,12(2,3)4)20(31,32)21(22,24)33/h11H2,1-10H3. The first-order valence-electron chi connectivity index (χ1n) is 10.1. The van der Waals surface area contributed by atoms with Gasteiger partial charge >= 0.3 is 9.96 Å². The maximum absolute atomic E-state index is 16.2. The molecule has 0 bridgehead atoms. The van der Waals surface area contributed by atoms with Crippen LogP contribution in [0.1, 0.15) is 75.7 Å². The van der Waals surface area contributed by atoms with Gasteiger partial charge in [-0.2, -0.15) is 8.78 Å². The lowest BCUT2D eigenvalue weighted by molar-refractivity contribution is -0.355. The molecular weight excluding hydrogens is 574 g/mol. The van der Waals surface area contributed by atoms with Gasteiger partial charge in [-0.3, -0.25) is 0 Å². The van der Waals surface area contributed by atoms with Gasteiger partial charge in [-0.1, -0.05) is 92.4 Å². The molecule has 0 N–H and O–H groups in total. The van der Waals surface area contributed by atoms with Gasteiger partial charge in [0, 0.05) is 21.7 Å². The Morgan fingerprint density at radius 2 is 0.909 bits per heavy atom. The highest BCUT2D eigenvalue weighted by atomic mass is 79.9. The monoisotopic (exact) mass is 604 g/mol. The maximum Gasteiger partial charge on any atom is 0.345 e. The molecule has 0 aromatic heterocycles. The van der Waals surface area contributed by atoms with Crippen molar-refractivity contribution in [2.75, 3.05) is 0 Å². The lowest BCUT2D eigenvalue weighted by atomic mass is 9.51. The molecule has 33 heavy (non-hydrogen) atoms. The lowest BCUT2D eigenvalue weighted by Gasteiger charge is -2.60. The zero-order valence-electron chi connectivity index (χ0n) is 20.2. The maximum atomic E-state index is 16.2. The molecule has 4 atom stereocenters. The molecule has 0 rings (SSSR count). The van der Waals surface area contributed by atoms with Crippen LogP contribution in [-0.4, -0.2) is 32.6 Å². The minimum Gasteiger partial charge on any atom is -0.230 e. The van der Waals surface area contributed by atoms with Crippen molar-refractivity contribution in [1.82, 2.24) is 0 Å². The first-order valence-corrected chi connectivity index (χ1v) is 11.6. The fourth-order valence-electron chi connectivity index (χ4n) is 3.99. The highest BCUT2D eigenvalue weighted by Crippen LogP contribution is 2.72. The molecule has 12 heteroatoms. The molecule has 0 saturated heterocycles. The van der Waals surface area contributed by atoms with E-state index in [2.05, 4.69) is 0 Å². The molecule has 0 fully saturated rings. The number of alkyl halides is 12. The topological polar surface area (TPSA) is 0 Å². The summed E-state index contributed by atoms with van der Waals surface area (Å²) < 4.78 is 134. The number of rotatable bonds is 8. The first kappa shape index (κ1) is 33.4. The van der Waals surface area contributed by atoms with Crippen LogP contribution in [0.2, 0.25) is 0 Å². The SMILES string of the molecule is CCC(C)(C(C)(C)C(F)(F)C(F)(C(C)(C)C)C(F)(F)C(F)(Cl)Br)C(F)(Cl)C(F)(F)C(C)(C)C. The van der Waals surface area contributed by atoms with Crippen LogP contribution in [-0.2, 0) is 0 Å². The van der Waals surface area contributed by atoms with Crippen LogP contribution in [0.15, 0.2) is 0 Å². The van der Waals surface area contributed by atoms with E-state index in [0.717, 1.165) is 27.7 Å². The molecule has 0 amide bonds. The molecule has 0 aliphatic carbocycles. The third-order valence-corrected chi connectivity index (χ3v) is 8.55. The van der Waals surface area contributed by atoms with Gasteiger partial charge in [0.05, 0.1) is 0 Å². The predicted molar refractivity (Wildman–Crippen MR) is 118 cm³/mol. The van der Waals surface area contributed by atoms with Crippen LogP contribution in [0.5, 0.6) is 0 Å². The average molecular weight is 606 g/mol. The van der Waals surface area contributed by atoms with Gasteiger partial charge in [0.2, 0.25) is 5.67 Å². The Bertz CT molecular complexity index is 719. The van der Waals surface area contributed by atoms with Gasteiger partial charge in [0.15, 0.2) is 0 Å². The zero-order chi connectivity index (χ0) is 27.7. The quantitative estimate of drug-likeness (QED) is 0.191. The van der Waals surface area contributed by atoms with Crippen molar-refractivity contribution in [2.24, 2.45) is 21.7 Å². The average Bonchev–Trinajstić information content (AvgIpc) is 2.55. The van der Waals surface area contributed by atoms with Gasteiger partial charge in [-0.05, 0) is 22.4 Å². The Morgan fingerprint density at radius 1 is 0.576 bits per heavy atom. The van der Waals surface area contributed by atoms with Crippen molar-refractivity contribution >= 4 is 39.1 Å². The van der Waals surface area contributed by atoms with E-state index in [1.54, 1.807) is 15.9 Å². The van der Waals surface area contributed by atoms with Gasteiger partial charge in [-0.15, -0.1) is 0 Å². The largest absolute Gasteiger partial charge is 0.345 e. The first-order chi connectivity index (χ1) is 13.8. The van der Waals surface area contributed by atoms with Crippen molar-refractivity contribution in [2.45, 2.75) is 108 Å². The zero-order valence-corrected chi connectivity index (χ0v) is 23.3. The summed E-state index contributed by atoms with van der Waals surface area (Å²) in [6, 6.07) is 0. The molecular formula is C21H32BrCl2F9. The summed E-state index contributed by atoms with van der Waals surface area (Å²) in [4.78, 5) is 0. The third-order valence-electron chi connectivity index (χ3n) is 7.16. The third kappa shape index (κ3) is 4.21. The van der Waals surface area contributed by atoms with E-state index in [0.29, 0.717) is 41.5 Å². The highest BCUT2D eigenvalue weighted by molar-refractivity contribution is 9.10. The Labute approximate surface area is 208 Å². The molecule has 0 aliphatic rings. The molecule has 0 spiro atoms. The molecule has 200 valence electrons. The molecule has 0 nitrogen and oxygen atoms in total. The summed E-state index contributed by atoms with van der Waals surface area (Å²) in [5.74, 6) is -15.5. The normalized spacial score (nSPS) is 22.7. The lowest BCUT2D eigenvalue weighted by Crippen LogP contribution is -2.76. The van der Waals surface area contributed by atoms with Crippen molar-refractivity contribution < 1.29 is 39.5 Å². The summed E-state index contributed by atoms with van der Waals surface area (Å²) in [7, 11) is 0. The van der Waals surface area contributed by atoms with Crippen molar-refractivity contribution in [3.63, 3.8) is 0 Å². The van der Waals surface area contributed by atoms with Crippen LogP contribution in [0, 0.1) is 21.7 Å². The van der Waals surface area contributed by atoms with Gasteiger partial charge < -0.3 is 0 Å². The van der Waals surface area contributed by atoms with Gasteiger partial charge in [0.25, 0.3) is 17.0 Å². The van der Waals surface area contributed by atoms with Crippen LogP contribution in [0.4, 0.5) is 39.5 Å². The fourth-order valence-corrected chi connectivity index (χ4v) is 5.04. The molecule has 4 unspecified atom stereocenters. The fraction of sp³-hybridized carbons (Fsp3) is 1.00. The molecule has 0 aliphatic heterocycles. The van der Waals surface area contributed by atoms with E-state index in [9.17, 15) is 4.39 Å².